The molecule has 1 aromatic heterocycles. The minimum Gasteiger partial charge on any atom is -0.365 e. The Balaban J connectivity index is 1.97. The van der Waals surface area contributed by atoms with Gasteiger partial charge in [-0.15, -0.1) is 0 Å². The third kappa shape index (κ3) is 3.10. The van der Waals surface area contributed by atoms with Gasteiger partial charge in [0.05, 0.1) is 12.4 Å². The van der Waals surface area contributed by atoms with Gasteiger partial charge in [0.1, 0.15) is 11.9 Å². The van der Waals surface area contributed by atoms with Crippen LogP contribution in [0.2, 0.25) is 0 Å². The number of nitrogens with zero attached hydrogens (tertiary/aromatic N) is 3. The van der Waals surface area contributed by atoms with Gasteiger partial charge in [0.2, 0.25) is 0 Å². The first-order chi connectivity index (χ1) is 8.33. The molecule has 2 rings (SSSR count). The molecular weight excluding hydrogens is 232 g/mol. The Morgan fingerprint density at radius 3 is 3.00 bits per heavy atom. The lowest BCUT2D eigenvalue weighted by molar-refractivity contribution is 0.761. The average molecular weight is 248 g/mol. The van der Waals surface area contributed by atoms with E-state index < -0.39 is 0 Å². The van der Waals surface area contributed by atoms with Crippen LogP contribution in [0.25, 0.3) is 0 Å². The number of aromatic nitrogens is 2. The van der Waals surface area contributed by atoms with Crippen LogP contribution in [0.1, 0.15) is 31.9 Å². The fourth-order valence-corrected chi connectivity index (χ4v) is 3.35. The molecule has 0 aromatic carbocycles. The number of thioether (sulfide) groups is 1. The lowest BCUT2D eigenvalue weighted by Crippen LogP contribution is -2.26. The molecule has 2 atom stereocenters. The smallest absolute Gasteiger partial charge is 0.158 e. The standard InChI is InChI=1S/C12H16N4S/c1-2-17-11-5-3-4-10(11)16-12-8-14-9(6-13)7-15-12/h7-8,10-11H,2-5H2,1H3,(H,15,16). The predicted molar refractivity (Wildman–Crippen MR) is 69.9 cm³/mol. The summed E-state index contributed by atoms with van der Waals surface area (Å²) in [6.45, 7) is 2.20. The van der Waals surface area contributed by atoms with Crippen molar-refractivity contribution in [1.29, 1.82) is 5.26 Å². The molecule has 1 N–H and O–H groups in total. The molecule has 0 aliphatic heterocycles. The van der Waals surface area contributed by atoms with E-state index in [0.29, 0.717) is 17.0 Å². The second-order valence-corrected chi connectivity index (χ2v) is 5.59. The fourth-order valence-electron chi connectivity index (χ4n) is 2.15. The van der Waals surface area contributed by atoms with Crippen molar-refractivity contribution in [3.8, 4) is 6.07 Å². The molecule has 1 aromatic rings. The van der Waals surface area contributed by atoms with Gasteiger partial charge in [-0.2, -0.15) is 17.0 Å². The number of hydrogen-bond donors (Lipinski definition) is 1. The Labute approximate surface area is 106 Å². The molecule has 1 aliphatic carbocycles. The SMILES string of the molecule is CCSC1CCCC1Nc1cnc(C#N)cn1. The highest BCUT2D eigenvalue weighted by molar-refractivity contribution is 7.99. The van der Waals surface area contributed by atoms with Crippen LogP contribution in [0.4, 0.5) is 5.82 Å². The van der Waals surface area contributed by atoms with E-state index in [4.69, 9.17) is 5.26 Å². The van der Waals surface area contributed by atoms with Crippen molar-refractivity contribution in [2.75, 3.05) is 11.1 Å². The Kier molecular flexibility index (Phi) is 4.21. The monoisotopic (exact) mass is 248 g/mol. The minimum absolute atomic E-state index is 0.362. The van der Waals surface area contributed by atoms with E-state index in [-0.39, 0.29) is 0 Å². The molecule has 1 saturated carbocycles. The Morgan fingerprint density at radius 2 is 2.35 bits per heavy atom. The number of rotatable bonds is 4. The maximum atomic E-state index is 8.65. The molecule has 5 heteroatoms. The first kappa shape index (κ1) is 12.2. The van der Waals surface area contributed by atoms with Crippen LogP contribution in [0.5, 0.6) is 0 Å². The highest BCUT2D eigenvalue weighted by Crippen LogP contribution is 2.31. The van der Waals surface area contributed by atoms with E-state index in [1.54, 1.807) is 6.20 Å². The van der Waals surface area contributed by atoms with Gasteiger partial charge < -0.3 is 5.32 Å². The van der Waals surface area contributed by atoms with Crippen LogP contribution in [-0.2, 0) is 0 Å². The highest BCUT2D eigenvalue weighted by Gasteiger charge is 2.27. The second-order valence-electron chi connectivity index (χ2n) is 4.07. The summed E-state index contributed by atoms with van der Waals surface area (Å²) in [5, 5.41) is 12.7. The van der Waals surface area contributed by atoms with Crippen LogP contribution in [0.3, 0.4) is 0 Å². The molecule has 4 nitrogen and oxygen atoms in total. The molecule has 0 saturated heterocycles. The van der Waals surface area contributed by atoms with Crippen LogP contribution in [0, 0.1) is 11.3 Å². The van der Waals surface area contributed by atoms with E-state index in [1.807, 2.05) is 17.8 Å². The molecule has 1 fully saturated rings. The largest absolute Gasteiger partial charge is 0.365 e. The molecule has 1 aliphatic rings. The summed E-state index contributed by atoms with van der Waals surface area (Å²) in [6.07, 6.45) is 6.90. The molecular formula is C12H16N4S. The van der Waals surface area contributed by atoms with E-state index >= 15 is 0 Å². The summed E-state index contributed by atoms with van der Waals surface area (Å²) in [7, 11) is 0. The summed E-state index contributed by atoms with van der Waals surface area (Å²) >= 11 is 2.01. The van der Waals surface area contributed by atoms with Gasteiger partial charge in [-0.05, 0) is 18.6 Å². The van der Waals surface area contributed by atoms with Crippen molar-refractivity contribution in [1.82, 2.24) is 9.97 Å². The highest BCUT2D eigenvalue weighted by atomic mass is 32.2. The van der Waals surface area contributed by atoms with E-state index in [2.05, 4.69) is 22.2 Å². The van der Waals surface area contributed by atoms with Crippen LogP contribution < -0.4 is 5.32 Å². The van der Waals surface area contributed by atoms with Crippen molar-refractivity contribution >= 4 is 17.6 Å². The predicted octanol–water partition coefficient (Wildman–Crippen LogP) is 2.43. The summed E-state index contributed by atoms with van der Waals surface area (Å²) < 4.78 is 0. The van der Waals surface area contributed by atoms with Gasteiger partial charge in [0, 0.05) is 11.3 Å². The molecule has 0 bridgehead atoms. The number of anilines is 1. The molecule has 1 heterocycles. The molecule has 17 heavy (non-hydrogen) atoms. The molecule has 0 radical (unpaired) electrons. The zero-order valence-corrected chi connectivity index (χ0v) is 10.7. The maximum absolute atomic E-state index is 8.65. The summed E-state index contributed by atoms with van der Waals surface area (Å²) in [5.74, 6) is 1.93. The van der Waals surface area contributed by atoms with Crippen molar-refractivity contribution in [3.05, 3.63) is 18.1 Å². The summed E-state index contributed by atoms with van der Waals surface area (Å²) in [5.41, 5.74) is 0.362. The van der Waals surface area contributed by atoms with Gasteiger partial charge in [0.25, 0.3) is 0 Å². The Bertz CT molecular complexity index is 398. The normalized spacial score (nSPS) is 23.3. The molecule has 2 unspecified atom stereocenters. The van der Waals surface area contributed by atoms with E-state index in [0.717, 1.165) is 11.6 Å². The topological polar surface area (TPSA) is 61.6 Å². The van der Waals surface area contributed by atoms with Crippen molar-refractivity contribution in [2.24, 2.45) is 0 Å². The van der Waals surface area contributed by atoms with Gasteiger partial charge in [-0.25, -0.2) is 9.97 Å². The second kappa shape index (κ2) is 5.87. The van der Waals surface area contributed by atoms with Crippen LogP contribution in [0.15, 0.2) is 12.4 Å². The third-order valence-electron chi connectivity index (χ3n) is 2.93. The third-order valence-corrected chi connectivity index (χ3v) is 4.26. The lowest BCUT2D eigenvalue weighted by atomic mass is 10.2. The minimum atomic E-state index is 0.362. The van der Waals surface area contributed by atoms with Crippen molar-refractivity contribution < 1.29 is 0 Å². The van der Waals surface area contributed by atoms with Crippen molar-refractivity contribution in [3.63, 3.8) is 0 Å². The van der Waals surface area contributed by atoms with Gasteiger partial charge >= 0.3 is 0 Å². The zero-order valence-electron chi connectivity index (χ0n) is 9.89. The summed E-state index contributed by atoms with van der Waals surface area (Å²) in [6, 6.07) is 2.46. The molecule has 0 spiro atoms. The van der Waals surface area contributed by atoms with Crippen LogP contribution >= 0.6 is 11.8 Å². The summed E-state index contributed by atoms with van der Waals surface area (Å²) in [4.78, 5) is 8.22. The van der Waals surface area contributed by atoms with Gasteiger partial charge in [0.15, 0.2) is 5.69 Å². The number of nitrogens with one attached hydrogen (secondary N) is 1. The average Bonchev–Trinajstić information content (AvgIpc) is 2.78. The molecule has 0 amide bonds. The van der Waals surface area contributed by atoms with E-state index in [1.165, 1.54) is 25.5 Å². The lowest BCUT2D eigenvalue weighted by Gasteiger charge is -2.20. The van der Waals surface area contributed by atoms with Gasteiger partial charge in [-0.3, -0.25) is 0 Å². The quantitative estimate of drug-likeness (QED) is 0.886. The first-order valence-electron chi connectivity index (χ1n) is 5.93. The zero-order chi connectivity index (χ0) is 12.1. The number of hydrogen-bond acceptors (Lipinski definition) is 5. The molecule has 90 valence electrons. The maximum Gasteiger partial charge on any atom is 0.158 e. The fraction of sp³-hybridized carbons (Fsp3) is 0.583. The van der Waals surface area contributed by atoms with Crippen LogP contribution in [-0.4, -0.2) is 27.0 Å². The van der Waals surface area contributed by atoms with Gasteiger partial charge in [-0.1, -0.05) is 13.3 Å². The van der Waals surface area contributed by atoms with Crippen molar-refractivity contribution in [2.45, 2.75) is 37.5 Å². The first-order valence-corrected chi connectivity index (χ1v) is 6.98. The number of nitriles is 1. The Hall–Kier alpha value is -1.28. The Morgan fingerprint density at radius 1 is 1.47 bits per heavy atom. The van der Waals surface area contributed by atoms with E-state index in [9.17, 15) is 0 Å².